The van der Waals surface area contributed by atoms with Crippen molar-refractivity contribution in [1.29, 1.82) is 0 Å². The maximum Gasteiger partial charge on any atom is 0.0209 e. The average Bonchev–Trinajstić information content (AvgIpc) is 2.65. The quantitative estimate of drug-likeness (QED) is 0.768. The Labute approximate surface area is 94.4 Å². The Kier molecular flexibility index (Phi) is 4.04. The summed E-state index contributed by atoms with van der Waals surface area (Å²) < 4.78 is 0. The Bertz CT molecular complexity index is 185. The molecule has 0 aromatic heterocycles. The highest BCUT2D eigenvalue weighted by atomic mass is 15.2. The van der Waals surface area contributed by atoms with Gasteiger partial charge < -0.3 is 10.2 Å². The van der Waals surface area contributed by atoms with Crippen molar-refractivity contribution in [2.75, 3.05) is 20.1 Å². The van der Waals surface area contributed by atoms with Gasteiger partial charge >= 0.3 is 0 Å². The highest BCUT2D eigenvalue weighted by Gasteiger charge is 2.25. The molecule has 1 N–H and O–H groups in total. The first-order valence-electron chi connectivity index (χ1n) is 6.72. The molecule has 0 aromatic rings. The molecular formula is C13H26N2. The summed E-state index contributed by atoms with van der Waals surface area (Å²) in [5.41, 5.74) is 0. The van der Waals surface area contributed by atoms with E-state index in [0.717, 1.165) is 18.0 Å². The van der Waals surface area contributed by atoms with Crippen molar-refractivity contribution >= 4 is 0 Å². The molecule has 2 aliphatic rings. The molecule has 2 rings (SSSR count). The fourth-order valence-electron chi connectivity index (χ4n) is 3.14. The molecular weight excluding hydrogens is 184 g/mol. The molecule has 88 valence electrons. The van der Waals surface area contributed by atoms with Gasteiger partial charge in [-0.3, -0.25) is 0 Å². The fraction of sp³-hybridized carbons (Fsp3) is 1.00. The summed E-state index contributed by atoms with van der Waals surface area (Å²) in [6.07, 6.45) is 8.48. The van der Waals surface area contributed by atoms with Gasteiger partial charge in [0.2, 0.25) is 0 Å². The number of likely N-dealkylation sites (tertiary alicyclic amines) is 1. The third-order valence-electron chi connectivity index (χ3n) is 4.29. The van der Waals surface area contributed by atoms with Gasteiger partial charge in [0, 0.05) is 18.6 Å². The zero-order valence-corrected chi connectivity index (χ0v) is 10.3. The van der Waals surface area contributed by atoms with Crippen molar-refractivity contribution in [1.82, 2.24) is 10.2 Å². The molecule has 1 saturated heterocycles. The molecule has 1 atom stereocenters. The van der Waals surface area contributed by atoms with Crippen molar-refractivity contribution < 1.29 is 0 Å². The van der Waals surface area contributed by atoms with E-state index >= 15 is 0 Å². The van der Waals surface area contributed by atoms with Crippen molar-refractivity contribution in [3.05, 3.63) is 0 Å². The molecule has 1 aliphatic carbocycles. The summed E-state index contributed by atoms with van der Waals surface area (Å²) in [7, 11) is 2.23. The van der Waals surface area contributed by atoms with Crippen LogP contribution in [0.15, 0.2) is 0 Å². The van der Waals surface area contributed by atoms with Crippen LogP contribution in [0.2, 0.25) is 0 Å². The summed E-state index contributed by atoms with van der Waals surface area (Å²) in [4.78, 5) is 2.44. The van der Waals surface area contributed by atoms with Crippen LogP contribution in [0, 0.1) is 5.92 Å². The van der Waals surface area contributed by atoms with Crippen LogP contribution in [0.1, 0.15) is 45.4 Å². The van der Waals surface area contributed by atoms with Crippen molar-refractivity contribution in [3.63, 3.8) is 0 Å². The monoisotopic (exact) mass is 210 g/mol. The Morgan fingerprint density at radius 2 is 1.80 bits per heavy atom. The summed E-state index contributed by atoms with van der Waals surface area (Å²) in [6, 6.07) is 1.60. The van der Waals surface area contributed by atoms with E-state index < -0.39 is 0 Å². The van der Waals surface area contributed by atoms with Crippen LogP contribution in [0.3, 0.4) is 0 Å². The van der Waals surface area contributed by atoms with E-state index in [9.17, 15) is 0 Å². The molecule has 0 radical (unpaired) electrons. The van der Waals surface area contributed by atoms with Gasteiger partial charge in [0.1, 0.15) is 0 Å². The van der Waals surface area contributed by atoms with E-state index in [4.69, 9.17) is 0 Å². The highest BCUT2D eigenvalue weighted by Crippen LogP contribution is 2.27. The summed E-state index contributed by atoms with van der Waals surface area (Å²) in [5, 5.41) is 3.85. The third-order valence-corrected chi connectivity index (χ3v) is 4.29. The molecule has 0 unspecified atom stereocenters. The molecule has 0 aromatic carbocycles. The first kappa shape index (κ1) is 11.4. The van der Waals surface area contributed by atoms with Crippen LogP contribution >= 0.6 is 0 Å². The molecule has 1 saturated carbocycles. The van der Waals surface area contributed by atoms with Crippen molar-refractivity contribution in [3.8, 4) is 0 Å². The van der Waals surface area contributed by atoms with Crippen molar-refractivity contribution in [2.24, 2.45) is 5.92 Å². The predicted octanol–water partition coefficient (Wildman–Crippen LogP) is 2.25. The maximum atomic E-state index is 3.85. The van der Waals surface area contributed by atoms with Gasteiger partial charge in [-0.2, -0.15) is 0 Å². The van der Waals surface area contributed by atoms with Crippen molar-refractivity contribution in [2.45, 2.75) is 57.5 Å². The molecule has 2 fully saturated rings. The van der Waals surface area contributed by atoms with Crippen LogP contribution < -0.4 is 5.32 Å². The third kappa shape index (κ3) is 3.18. The van der Waals surface area contributed by atoms with E-state index in [0.29, 0.717) is 0 Å². The molecule has 15 heavy (non-hydrogen) atoms. The van der Waals surface area contributed by atoms with Crippen LogP contribution in [-0.2, 0) is 0 Å². The van der Waals surface area contributed by atoms with Gasteiger partial charge in [-0.15, -0.1) is 0 Å². The Morgan fingerprint density at radius 1 is 1.07 bits per heavy atom. The zero-order valence-electron chi connectivity index (χ0n) is 10.3. The number of rotatable bonds is 3. The Balaban J connectivity index is 1.68. The molecule has 2 nitrogen and oxygen atoms in total. The fourth-order valence-corrected chi connectivity index (χ4v) is 3.14. The van der Waals surface area contributed by atoms with Crippen LogP contribution in [0.4, 0.5) is 0 Å². The number of likely N-dealkylation sites (N-methyl/N-ethyl adjacent to an activating group) is 1. The van der Waals surface area contributed by atoms with Gasteiger partial charge in [-0.25, -0.2) is 0 Å². The highest BCUT2D eigenvalue weighted by molar-refractivity contribution is 4.84. The normalized spacial score (nSPS) is 38.4. The molecule has 0 bridgehead atoms. The SMILES string of the molecule is CCC1CCC(N[C@H]2CCN(C)C2)CC1. The standard InChI is InChI=1S/C13H26N2/c1-3-11-4-6-12(7-5-11)14-13-8-9-15(2)10-13/h11-14H,3-10H2,1-2H3/t11?,12?,13-/m0/s1. The second-order valence-corrected chi connectivity index (χ2v) is 5.54. The van der Waals surface area contributed by atoms with Gasteiger partial charge in [0.05, 0.1) is 0 Å². The second kappa shape index (κ2) is 5.31. The van der Waals surface area contributed by atoms with Gasteiger partial charge in [0.25, 0.3) is 0 Å². The van der Waals surface area contributed by atoms with Gasteiger partial charge in [-0.1, -0.05) is 13.3 Å². The molecule has 1 heterocycles. The molecule has 0 amide bonds. The second-order valence-electron chi connectivity index (χ2n) is 5.54. The predicted molar refractivity (Wildman–Crippen MR) is 65.1 cm³/mol. The number of hydrogen-bond donors (Lipinski definition) is 1. The lowest BCUT2D eigenvalue weighted by atomic mass is 9.84. The Morgan fingerprint density at radius 3 is 2.33 bits per heavy atom. The topological polar surface area (TPSA) is 15.3 Å². The Hall–Kier alpha value is -0.0800. The largest absolute Gasteiger partial charge is 0.310 e. The first-order valence-corrected chi connectivity index (χ1v) is 6.72. The number of nitrogens with one attached hydrogen (secondary N) is 1. The lowest BCUT2D eigenvalue weighted by Crippen LogP contribution is -2.41. The minimum absolute atomic E-state index is 0.776. The van der Waals surface area contributed by atoms with E-state index in [1.807, 2.05) is 0 Å². The smallest absolute Gasteiger partial charge is 0.0209 e. The average molecular weight is 210 g/mol. The van der Waals surface area contributed by atoms with E-state index in [2.05, 4.69) is 24.2 Å². The van der Waals surface area contributed by atoms with Crippen LogP contribution in [-0.4, -0.2) is 37.1 Å². The van der Waals surface area contributed by atoms with Gasteiger partial charge in [-0.05, 0) is 51.6 Å². The molecule has 2 heteroatoms. The van der Waals surface area contributed by atoms with E-state index in [1.54, 1.807) is 0 Å². The van der Waals surface area contributed by atoms with E-state index in [-0.39, 0.29) is 0 Å². The lowest BCUT2D eigenvalue weighted by molar-refractivity contribution is 0.267. The summed E-state index contributed by atoms with van der Waals surface area (Å²) in [5.74, 6) is 1.02. The van der Waals surface area contributed by atoms with Gasteiger partial charge in [0.15, 0.2) is 0 Å². The summed E-state index contributed by atoms with van der Waals surface area (Å²) >= 11 is 0. The first-order chi connectivity index (χ1) is 7.28. The van der Waals surface area contributed by atoms with E-state index in [1.165, 1.54) is 51.6 Å². The van der Waals surface area contributed by atoms with Crippen LogP contribution in [0.25, 0.3) is 0 Å². The lowest BCUT2D eigenvalue weighted by Gasteiger charge is -2.30. The number of hydrogen-bond acceptors (Lipinski definition) is 2. The minimum atomic E-state index is 0.776. The molecule has 0 spiro atoms. The van der Waals surface area contributed by atoms with Crippen LogP contribution in [0.5, 0.6) is 0 Å². The minimum Gasteiger partial charge on any atom is -0.310 e. The molecule has 1 aliphatic heterocycles. The zero-order chi connectivity index (χ0) is 10.7. The maximum absolute atomic E-state index is 3.85. The summed E-state index contributed by atoms with van der Waals surface area (Å²) in [6.45, 7) is 4.88. The number of nitrogens with zero attached hydrogens (tertiary/aromatic N) is 1.